The van der Waals surface area contributed by atoms with Crippen molar-refractivity contribution in [1.29, 1.82) is 0 Å². The van der Waals surface area contributed by atoms with E-state index in [1.807, 2.05) is 31.2 Å². The molecule has 5 heteroatoms. The Balaban J connectivity index is 1.57. The molecule has 1 heterocycles. The third-order valence-electron chi connectivity index (χ3n) is 3.86. The van der Waals surface area contributed by atoms with Crippen LogP contribution in [0.4, 0.5) is 0 Å². The maximum absolute atomic E-state index is 12.0. The van der Waals surface area contributed by atoms with Gasteiger partial charge >= 0.3 is 0 Å². The van der Waals surface area contributed by atoms with E-state index in [-0.39, 0.29) is 5.91 Å². The molecular weight excluding hydrogens is 280 g/mol. The molecule has 1 fully saturated rings. The van der Waals surface area contributed by atoms with Crippen LogP contribution in [0.25, 0.3) is 0 Å². The van der Waals surface area contributed by atoms with Crippen molar-refractivity contribution >= 4 is 5.91 Å². The third kappa shape index (κ3) is 5.40. The highest BCUT2D eigenvalue weighted by molar-refractivity contribution is 5.82. The molecule has 2 rings (SSSR count). The van der Waals surface area contributed by atoms with Crippen molar-refractivity contribution in [2.24, 2.45) is 11.7 Å². The maximum atomic E-state index is 12.0. The highest BCUT2D eigenvalue weighted by Gasteiger charge is 2.16. The molecule has 0 aliphatic carbocycles. The van der Waals surface area contributed by atoms with E-state index in [1.54, 1.807) is 0 Å². The number of benzene rings is 1. The molecule has 1 amide bonds. The van der Waals surface area contributed by atoms with Crippen molar-refractivity contribution in [3.05, 3.63) is 35.4 Å². The lowest BCUT2D eigenvalue weighted by Crippen LogP contribution is -2.35. The number of hydrogen-bond donors (Lipinski definition) is 2. The summed E-state index contributed by atoms with van der Waals surface area (Å²) in [6.07, 6.45) is 1.88. The summed E-state index contributed by atoms with van der Waals surface area (Å²) in [4.78, 5) is 12.0. The number of carbonyl (C=O) groups is 1. The molecule has 1 aliphatic rings. The van der Waals surface area contributed by atoms with Gasteiger partial charge in [0.25, 0.3) is 0 Å². The van der Waals surface area contributed by atoms with E-state index in [0.29, 0.717) is 19.1 Å². The summed E-state index contributed by atoms with van der Waals surface area (Å²) in [5.74, 6) is 0.387. The number of nitrogens with two attached hydrogens (primary N) is 1. The number of carbonyl (C=O) groups excluding carboxylic acids is 1. The number of aryl methyl sites for hydroxylation is 1. The van der Waals surface area contributed by atoms with Crippen LogP contribution < -0.4 is 11.1 Å². The number of ether oxygens (including phenoxy) is 2. The van der Waals surface area contributed by atoms with E-state index < -0.39 is 6.04 Å². The fraction of sp³-hybridized carbons (Fsp3) is 0.588. The second-order valence-electron chi connectivity index (χ2n) is 5.84. The van der Waals surface area contributed by atoms with Crippen LogP contribution in [0.5, 0.6) is 0 Å². The lowest BCUT2D eigenvalue weighted by Gasteiger charge is -2.13. The van der Waals surface area contributed by atoms with Crippen molar-refractivity contribution in [1.82, 2.24) is 5.32 Å². The second-order valence-corrected chi connectivity index (χ2v) is 5.84. The second kappa shape index (κ2) is 8.88. The molecule has 0 radical (unpaired) electrons. The van der Waals surface area contributed by atoms with Gasteiger partial charge in [-0.25, -0.2) is 0 Å². The van der Waals surface area contributed by atoms with Crippen LogP contribution in [0.3, 0.4) is 0 Å². The van der Waals surface area contributed by atoms with Crippen LogP contribution in [0.2, 0.25) is 0 Å². The van der Waals surface area contributed by atoms with Gasteiger partial charge in [0.15, 0.2) is 0 Å². The van der Waals surface area contributed by atoms with Gasteiger partial charge in [-0.1, -0.05) is 29.8 Å². The van der Waals surface area contributed by atoms with Crippen molar-refractivity contribution in [2.75, 3.05) is 33.0 Å². The van der Waals surface area contributed by atoms with Crippen LogP contribution in [-0.2, 0) is 14.3 Å². The quantitative estimate of drug-likeness (QED) is 0.715. The van der Waals surface area contributed by atoms with Crippen molar-refractivity contribution in [2.45, 2.75) is 25.8 Å². The Labute approximate surface area is 132 Å². The minimum absolute atomic E-state index is 0.145. The molecule has 5 nitrogen and oxygen atoms in total. The van der Waals surface area contributed by atoms with E-state index in [1.165, 1.54) is 0 Å². The molecule has 0 saturated carbocycles. The fourth-order valence-electron chi connectivity index (χ4n) is 2.39. The average molecular weight is 306 g/mol. The van der Waals surface area contributed by atoms with Crippen LogP contribution in [-0.4, -0.2) is 38.9 Å². The van der Waals surface area contributed by atoms with Gasteiger partial charge < -0.3 is 20.5 Å². The smallest absolute Gasteiger partial charge is 0.241 e. The van der Waals surface area contributed by atoms with Crippen LogP contribution in [0, 0.1) is 12.8 Å². The van der Waals surface area contributed by atoms with Gasteiger partial charge in [-0.05, 0) is 25.3 Å². The van der Waals surface area contributed by atoms with Crippen LogP contribution in [0.1, 0.15) is 30.0 Å². The van der Waals surface area contributed by atoms with E-state index in [0.717, 1.165) is 43.8 Å². The molecule has 2 unspecified atom stereocenters. The number of rotatable bonds is 8. The summed E-state index contributed by atoms with van der Waals surface area (Å²) in [5, 5.41) is 2.86. The zero-order chi connectivity index (χ0) is 15.8. The molecule has 0 spiro atoms. The van der Waals surface area contributed by atoms with E-state index in [9.17, 15) is 4.79 Å². The summed E-state index contributed by atoms with van der Waals surface area (Å²) in [6.45, 7) is 5.64. The van der Waals surface area contributed by atoms with Crippen molar-refractivity contribution in [3.63, 3.8) is 0 Å². The topological polar surface area (TPSA) is 73.6 Å². The average Bonchev–Trinajstić information content (AvgIpc) is 3.04. The lowest BCUT2D eigenvalue weighted by molar-refractivity contribution is -0.122. The normalized spacial score (nSPS) is 19.1. The standard InChI is InChI=1S/C17H26N2O3/c1-13-3-5-15(6-4-13)16(18)17(20)19-8-2-9-21-11-14-7-10-22-12-14/h3-6,14,16H,2,7-12,18H2,1H3,(H,19,20). The van der Waals surface area contributed by atoms with Crippen LogP contribution >= 0.6 is 0 Å². The SMILES string of the molecule is Cc1ccc(C(N)C(=O)NCCCOCC2CCOC2)cc1. The Morgan fingerprint density at radius 2 is 2.23 bits per heavy atom. The van der Waals surface area contributed by atoms with E-state index in [4.69, 9.17) is 15.2 Å². The van der Waals surface area contributed by atoms with E-state index >= 15 is 0 Å². The first kappa shape index (κ1) is 16.9. The predicted octanol–water partition coefficient (Wildman–Crippen LogP) is 1.55. The van der Waals surface area contributed by atoms with Gasteiger partial charge in [0.2, 0.25) is 5.91 Å². The van der Waals surface area contributed by atoms with Gasteiger partial charge in [0, 0.05) is 25.7 Å². The monoisotopic (exact) mass is 306 g/mol. The molecule has 122 valence electrons. The molecule has 2 atom stereocenters. The maximum Gasteiger partial charge on any atom is 0.241 e. The molecule has 1 aromatic rings. The summed E-state index contributed by atoms with van der Waals surface area (Å²) < 4.78 is 10.9. The molecule has 1 aliphatic heterocycles. The van der Waals surface area contributed by atoms with E-state index in [2.05, 4.69) is 5.32 Å². The van der Waals surface area contributed by atoms with Gasteiger partial charge in [-0.3, -0.25) is 4.79 Å². The highest BCUT2D eigenvalue weighted by Crippen LogP contribution is 2.12. The molecule has 0 aromatic heterocycles. The number of nitrogens with one attached hydrogen (secondary N) is 1. The highest BCUT2D eigenvalue weighted by atomic mass is 16.5. The fourth-order valence-corrected chi connectivity index (χ4v) is 2.39. The van der Waals surface area contributed by atoms with Gasteiger partial charge in [0.1, 0.15) is 6.04 Å². The molecule has 22 heavy (non-hydrogen) atoms. The summed E-state index contributed by atoms with van der Waals surface area (Å²) in [7, 11) is 0. The largest absolute Gasteiger partial charge is 0.381 e. The first-order valence-electron chi connectivity index (χ1n) is 7.92. The predicted molar refractivity (Wildman–Crippen MR) is 85.5 cm³/mol. The molecule has 3 N–H and O–H groups in total. The van der Waals surface area contributed by atoms with Crippen molar-refractivity contribution < 1.29 is 14.3 Å². The van der Waals surface area contributed by atoms with Crippen LogP contribution in [0.15, 0.2) is 24.3 Å². The number of amides is 1. The Morgan fingerprint density at radius 1 is 1.45 bits per heavy atom. The van der Waals surface area contributed by atoms with Crippen molar-refractivity contribution in [3.8, 4) is 0 Å². The molecule has 1 saturated heterocycles. The number of hydrogen-bond acceptors (Lipinski definition) is 4. The van der Waals surface area contributed by atoms with Gasteiger partial charge in [0.05, 0.1) is 13.2 Å². The Morgan fingerprint density at radius 3 is 2.91 bits per heavy atom. The molecule has 0 bridgehead atoms. The van der Waals surface area contributed by atoms with Gasteiger partial charge in [-0.2, -0.15) is 0 Å². The van der Waals surface area contributed by atoms with Gasteiger partial charge in [-0.15, -0.1) is 0 Å². The zero-order valence-electron chi connectivity index (χ0n) is 13.2. The summed E-state index contributed by atoms with van der Waals surface area (Å²) in [5.41, 5.74) is 7.94. The molecular formula is C17H26N2O3. The molecule has 1 aromatic carbocycles. The Bertz CT molecular complexity index is 455. The minimum atomic E-state index is -0.614. The lowest BCUT2D eigenvalue weighted by atomic mass is 10.1. The zero-order valence-corrected chi connectivity index (χ0v) is 13.2. The Kier molecular flexibility index (Phi) is 6.83. The minimum Gasteiger partial charge on any atom is -0.381 e. The Hall–Kier alpha value is -1.43. The summed E-state index contributed by atoms with van der Waals surface area (Å²) in [6, 6.07) is 7.10. The summed E-state index contributed by atoms with van der Waals surface area (Å²) >= 11 is 0. The first-order valence-corrected chi connectivity index (χ1v) is 7.92. The third-order valence-corrected chi connectivity index (χ3v) is 3.86. The first-order chi connectivity index (χ1) is 10.7.